The van der Waals surface area contributed by atoms with Crippen LogP contribution in [0.15, 0.2) is 35.7 Å². The zero-order valence-electron chi connectivity index (χ0n) is 31.2. The lowest BCUT2D eigenvalue weighted by molar-refractivity contribution is -0.141. The topological polar surface area (TPSA) is 141 Å². The third-order valence-corrected chi connectivity index (χ3v) is 11.0. The molecule has 12 heteroatoms. The van der Waals surface area contributed by atoms with Crippen LogP contribution in [-0.4, -0.2) is 95.0 Å². The van der Waals surface area contributed by atoms with Crippen molar-refractivity contribution in [1.82, 2.24) is 25.4 Å². The molecule has 0 radical (unpaired) electrons. The number of likely N-dealkylation sites (tertiary alicyclic amines) is 1. The van der Waals surface area contributed by atoms with Crippen LogP contribution in [0.3, 0.4) is 0 Å². The van der Waals surface area contributed by atoms with Gasteiger partial charge in [-0.2, -0.15) is 0 Å². The molecule has 1 aromatic heterocycles. The average Bonchev–Trinajstić information content (AvgIpc) is 3.59. The van der Waals surface area contributed by atoms with E-state index >= 15 is 0 Å². The Labute approximate surface area is 302 Å². The summed E-state index contributed by atoms with van der Waals surface area (Å²) in [6.45, 7) is 13.0. The van der Waals surface area contributed by atoms with Gasteiger partial charge < -0.3 is 25.4 Å². The zero-order chi connectivity index (χ0) is 37.0. The van der Waals surface area contributed by atoms with E-state index in [0.717, 1.165) is 37.8 Å². The highest BCUT2D eigenvalue weighted by atomic mass is 32.1. The number of aromatic nitrogens is 1. The molecule has 50 heavy (non-hydrogen) atoms. The van der Waals surface area contributed by atoms with Crippen LogP contribution in [0.4, 0.5) is 0 Å². The summed E-state index contributed by atoms with van der Waals surface area (Å²) in [5, 5.41) is 18.0. The van der Waals surface area contributed by atoms with Gasteiger partial charge in [-0.3, -0.25) is 24.1 Å². The number of nitrogens with zero attached hydrogens (tertiary/aromatic N) is 3. The fourth-order valence-electron chi connectivity index (χ4n) is 6.68. The number of rotatable bonds is 19. The first-order chi connectivity index (χ1) is 23.8. The summed E-state index contributed by atoms with van der Waals surface area (Å²) >= 11 is 1.33. The van der Waals surface area contributed by atoms with E-state index in [9.17, 15) is 24.3 Å². The number of piperidine rings is 1. The molecule has 2 heterocycles. The summed E-state index contributed by atoms with van der Waals surface area (Å²) < 4.78 is 6.19. The quantitative estimate of drug-likeness (QED) is 0.172. The van der Waals surface area contributed by atoms with Crippen LogP contribution in [-0.2, 0) is 25.5 Å². The van der Waals surface area contributed by atoms with Gasteiger partial charge in [-0.05, 0) is 63.6 Å². The molecule has 11 nitrogen and oxygen atoms in total. The highest BCUT2D eigenvalue weighted by Crippen LogP contribution is 2.31. The molecule has 0 saturated carbocycles. The maximum atomic E-state index is 14.2. The van der Waals surface area contributed by atoms with Crippen molar-refractivity contribution in [2.45, 2.75) is 117 Å². The molecule has 3 N–H and O–H groups in total. The summed E-state index contributed by atoms with van der Waals surface area (Å²) in [7, 11) is 3.77. The molecule has 0 spiro atoms. The van der Waals surface area contributed by atoms with Gasteiger partial charge in [-0.1, -0.05) is 77.8 Å². The van der Waals surface area contributed by atoms with Crippen molar-refractivity contribution in [3.63, 3.8) is 0 Å². The lowest BCUT2D eigenvalue weighted by Gasteiger charge is -2.38. The van der Waals surface area contributed by atoms with Crippen LogP contribution in [0.2, 0.25) is 0 Å². The Balaban J connectivity index is 1.77. The first kappa shape index (κ1) is 41.1. The Kier molecular flexibility index (Phi) is 16.3. The van der Waals surface area contributed by atoms with Crippen LogP contribution >= 0.6 is 11.3 Å². The van der Waals surface area contributed by atoms with Crippen LogP contribution < -0.4 is 10.6 Å². The number of carbonyl (C=O) groups excluding carboxylic acids is 3. The molecule has 1 aliphatic rings. The maximum Gasteiger partial charge on any atom is 0.306 e. The molecule has 3 rings (SSSR count). The number of nitrogens with one attached hydrogen (secondary N) is 2. The lowest BCUT2D eigenvalue weighted by atomic mass is 9.92. The Bertz CT molecular complexity index is 1390. The van der Waals surface area contributed by atoms with Gasteiger partial charge in [0.25, 0.3) is 5.91 Å². The zero-order valence-corrected chi connectivity index (χ0v) is 32.0. The average molecular weight is 714 g/mol. The normalized spacial score (nSPS) is 18.8. The Morgan fingerprint density at radius 3 is 2.36 bits per heavy atom. The largest absolute Gasteiger partial charge is 0.481 e. The summed E-state index contributed by atoms with van der Waals surface area (Å²) in [6, 6.07) is 8.16. The van der Waals surface area contributed by atoms with Gasteiger partial charge in [0.2, 0.25) is 11.8 Å². The predicted octanol–water partition coefficient (Wildman–Crippen LogP) is 5.56. The number of likely N-dealkylation sites (N-methyl/N-ethyl adjacent to an activating group) is 2. The number of hydrogen-bond acceptors (Lipinski definition) is 8. The first-order valence-corrected chi connectivity index (χ1v) is 19.1. The van der Waals surface area contributed by atoms with Crippen molar-refractivity contribution >= 4 is 35.0 Å². The molecule has 2 aromatic rings. The molecule has 7 atom stereocenters. The second-order valence-corrected chi connectivity index (χ2v) is 15.1. The third kappa shape index (κ3) is 11.6. The molecule has 0 unspecified atom stereocenters. The van der Waals surface area contributed by atoms with E-state index in [-0.39, 0.29) is 53.8 Å². The van der Waals surface area contributed by atoms with Gasteiger partial charge >= 0.3 is 5.97 Å². The maximum absolute atomic E-state index is 14.2. The predicted molar refractivity (Wildman–Crippen MR) is 197 cm³/mol. The third-order valence-electron chi connectivity index (χ3n) is 10.0. The standard InChI is InChI=1S/C38H59N5O6S/c1-9-25(5)33(41-35(45)30-18-14-15-19-42(30)7)37(46)43(8)31(24(3)4)22-32(49-10-2)36-40-29(23-50-36)34(44)39-28(20-26(6)38(47)48)21-27-16-12-11-13-17-27/h11-13,16-17,23-26,28,30-33H,9-10,14-15,18-22H2,1-8H3,(H,39,44)(H,41,45)(H,47,48)/t25-,26-,28+,30+,31-,32-,33-/m0/s1. The van der Waals surface area contributed by atoms with Crippen LogP contribution in [0.25, 0.3) is 0 Å². The van der Waals surface area contributed by atoms with Crippen molar-refractivity contribution in [3.8, 4) is 0 Å². The molecule has 278 valence electrons. The number of amides is 3. The molecule has 1 aromatic carbocycles. The number of carbonyl (C=O) groups is 4. The van der Waals surface area contributed by atoms with Gasteiger partial charge in [0.05, 0.1) is 12.0 Å². The van der Waals surface area contributed by atoms with E-state index in [4.69, 9.17) is 9.72 Å². The van der Waals surface area contributed by atoms with E-state index in [1.807, 2.05) is 58.2 Å². The second kappa shape index (κ2) is 19.9. The van der Waals surface area contributed by atoms with Gasteiger partial charge in [-0.25, -0.2) is 4.98 Å². The Hall–Kier alpha value is -3.35. The van der Waals surface area contributed by atoms with Gasteiger partial charge in [0, 0.05) is 37.5 Å². The molecular formula is C38H59N5O6S. The lowest BCUT2D eigenvalue weighted by Crippen LogP contribution is -2.58. The highest BCUT2D eigenvalue weighted by molar-refractivity contribution is 7.09. The monoisotopic (exact) mass is 713 g/mol. The Morgan fingerprint density at radius 2 is 1.76 bits per heavy atom. The highest BCUT2D eigenvalue weighted by Gasteiger charge is 2.37. The van der Waals surface area contributed by atoms with Crippen LogP contribution in [0.5, 0.6) is 0 Å². The fourth-order valence-corrected chi connectivity index (χ4v) is 7.54. The number of carboxylic acid groups (broad SMARTS) is 1. The Morgan fingerprint density at radius 1 is 1.06 bits per heavy atom. The summed E-state index contributed by atoms with van der Waals surface area (Å²) in [6.07, 6.45) is 4.36. The van der Waals surface area contributed by atoms with Crippen molar-refractivity contribution in [3.05, 3.63) is 52.0 Å². The molecule has 0 aliphatic carbocycles. The molecule has 0 bridgehead atoms. The van der Waals surface area contributed by atoms with Crippen molar-refractivity contribution in [1.29, 1.82) is 0 Å². The van der Waals surface area contributed by atoms with Gasteiger partial charge in [0.15, 0.2) is 0 Å². The SMILES string of the molecule is CCO[C@@H](C[C@@H](C(C)C)N(C)C(=O)[C@@H](NC(=O)[C@H]1CCCCN1C)[C@@H](C)CC)c1nc(C(=O)N[C@@H](Cc2ccccc2)C[C@H](C)C(=O)O)cs1. The number of thiazole rings is 1. The molecule has 3 amide bonds. The molecule has 1 saturated heterocycles. The summed E-state index contributed by atoms with van der Waals surface area (Å²) in [5.41, 5.74) is 1.24. The van der Waals surface area contributed by atoms with Crippen molar-refractivity contribution < 1.29 is 29.0 Å². The number of benzene rings is 1. The van der Waals surface area contributed by atoms with Crippen LogP contribution in [0.1, 0.15) is 107 Å². The van der Waals surface area contributed by atoms with E-state index in [1.54, 1.807) is 24.3 Å². The summed E-state index contributed by atoms with van der Waals surface area (Å²) in [5.74, 6) is -2.11. The van der Waals surface area contributed by atoms with Crippen LogP contribution in [0, 0.1) is 17.8 Å². The first-order valence-electron chi connectivity index (χ1n) is 18.2. The minimum absolute atomic E-state index is 0.0532. The minimum atomic E-state index is -0.911. The smallest absolute Gasteiger partial charge is 0.306 e. The van der Waals surface area contributed by atoms with E-state index in [2.05, 4.69) is 29.4 Å². The number of carboxylic acids is 1. The second-order valence-electron chi connectivity index (χ2n) is 14.2. The summed E-state index contributed by atoms with van der Waals surface area (Å²) in [4.78, 5) is 61.2. The minimum Gasteiger partial charge on any atom is -0.481 e. The van der Waals surface area contributed by atoms with E-state index in [0.29, 0.717) is 24.5 Å². The van der Waals surface area contributed by atoms with E-state index in [1.165, 1.54) is 11.3 Å². The number of aliphatic carboxylic acids is 1. The van der Waals surface area contributed by atoms with Gasteiger partial charge in [-0.15, -0.1) is 11.3 Å². The molecule has 1 fully saturated rings. The van der Waals surface area contributed by atoms with Crippen molar-refractivity contribution in [2.24, 2.45) is 17.8 Å². The number of ether oxygens (including phenoxy) is 1. The van der Waals surface area contributed by atoms with Gasteiger partial charge in [0.1, 0.15) is 22.8 Å². The molecular weight excluding hydrogens is 655 g/mol. The van der Waals surface area contributed by atoms with Crippen molar-refractivity contribution in [2.75, 3.05) is 27.2 Å². The number of hydrogen-bond donors (Lipinski definition) is 3. The van der Waals surface area contributed by atoms with E-state index < -0.39 is 30.1 Å². The molecule has 1 aliphatic heterocycles. The fraction of sp³-hybridized carbons (Fsp3) is 0.658.